The molecule has 2 aromatic heterocycles. The van der Waals surface area contributed by atoms with Gasteiger partial charge in [-0.05, 0) is 12.1 Å². The second-order valence-electron chi connectivity index (χ2n) is 4.84. The average molecular weight is 334 g/mol. The summed E-state index contributed by atoms with van der Waals surface area (Å²) in [6.07, 6.45) is 1.43. The molecular formula is C13H14N6O3S. The van der Waals surface area contributed by atoms with E-state index in [1.54, 1.807) is 0 Å². The summed E-state index contributed by atoms with van der Waals surface area (Å²) >= 11 is 0. The van der Waals surface area contributed by atoms with Crippen molar-refractivity contribution in [2.45, 2.75) is 0 Å². The Bertz CT molecular complexity index is 993. The van der Waals surface area contributed by atoms with Crippen molar-refractivity contribution in [3.8, 4) is 5.69 Å². The molecule has 1 aromatic carbocycles. The van der Waals surface area contributed by atoms with Gasteiger partial charge in [0.2, 0.25) is 16.0 Å². The van der Waals surface area contributed by atoms with Crippen LogP contribution in [0.15, 0.2) is 41.3 Å². The smallest absolute Gasteiger partial charge is 0.263 e. The Hall–Kier alpha value is -2.72. The number of benzene rings is 1. The van der Waals surface area contributed by atoms with Gasteiger partial charge < -0.3 is 5.32 Å². The molecule has 2 heterocycles. The summed E-state index contributed by atoms with van der Waals surface area (Å²) in [5, 5.41) is 12.2. The van der Waals surface area contributed by atoms with Gasteiger partial charge in [-0.15, -0.1) is 0 Å². The van der Waals surface area contributed by atoms with Crippen LogP contribution in [0.4, 0.5) is 5.95 Å². The van der Waals surface area contributed by atoms with Crippen molar-refractivity contribution in [1.29, 1.82) is 0 Å². The molecule has 0 saturated carbocycles. The van der Waals surface area contributed by atoms with Gasteiger partial charge >= 0.3 is 0 Å². The summed E-state index contributed by atoms with van der Waals surface area (Å²) in [4.78, 5) is 18.9. The summed E-state index contributed by atoms with van der Waals surface area (Å²) < 4.78 is 23.4. The van der Waals surface area contributed by atoms with Crippen molar-refractivity contribution >= 4 is 27.0 Å². The molecule has 3 rings (SSSR count). The minimum atomic E-state index is -3.59. The minimum Gasteiger partial charge on any atom is -0.355 e. The van der Waals surface area contributed by atoms with Gasteiger partial charge in [0.05, 0.1) is 17.6 Å². The van der Waals surface area contributed by atoms with Crippen LogP contribution in [0, 0.1) is 0 Å². The maximum Gasteiger partial charge on any atom is 0.263 e. The molecule has 0 amide bonds. The highest BCUT2D eigenvalue weighted by molar-refractivity contribution is 7.89. The molecule has 0 aliphatic carbocycles. The number of sulfonamides is 1. The van der Waals surface area contributed by atoms with Crippen molar-refractivity contribution in [3.05, 3.63) is 46.9 Å². The third-order valence-electron chi connectivity index (χ3n) is 3.12. The Labute approximate surface area is 131 Å². The van der Waals surface area contributed by atoms with Crippen LogP contribution in [0.3, 0.4) is 0 Å². The van der Waals surface area contributed by atoms with E-state index in [2.05, 4.69) is 20.4 Å². The second-order valence-corrected chi connectivity index (χ2v) is 6.57. The highest BCUT2D eigenvalue weighted by Crippen LogP contribution is 2.14. The van der Waals surface area contributed by atoms with Crippen LogP contribution in [-0.4, -0.2) is 40.5 Å². The minimum absolute atomic E-state index is 0.0345. The van der Waals surface area contributed by atoms with E-state index in [0.29, 0.717) is 11.0 Å². The molecule has 23 heavy (non-hydrogen) atoms. The van der Waals surface area contributed by atoms with Crippen LogP contribution in [0.2, 0.25) is 0 Å². The lowest BCUT2D eigenvalue weighted by atomic mass is 10.3. The van der Waals surface area contributed by atoms with E-state index in [1.165, 1.54) is 10.9 Å². The number of rotatable bonds is 5. The van der Waals surface area contributed by atoms with Crippen LogP contribution in [0.1, 0.15) is 0 Å². The van der Waals surface area contributed by atoms with Crippen LogP contribution in [0.25, 0.3) is 16.7 Å². The number of primary sulfonamides is 1. The molecule has 4 N–H and O–H groups in total. The third kappa shape index (κ3) is 3.38. The first-order valence-electron chi connectivity index (χ1n) is 6.72. The lowest BCUT2D eigenvalue weighted by Crippen LogP contribution is -2.24. The first-order valence-corrected chi connectivity index (χ1v) is 8.43. The summed E-state index contributed by atoms with van der Waals surface area (Å²) in [5.74, 6) is -0.115. The first-order chi connectivity index (χ1) is 10.9. The van der Waals surface area contributed by atoms with Crippen LogP contribution in [0.5, 0.6) is 0 Å². The van der Waals surface area contributed by atoms with E-state index in [9.17, 15) is 13.2 Å². The number of hydrogen-bond donors (Lipinski definition) is 3. The quantitative estimate of drug-likeness (QED) is 0.591. The molecule has 0 atom stereocenters. The van der Waals surface area contributed by atoms with E-state index < -0.39 is 10.0 Å². The number of nitrogens with two attached hydrogens (primary N) is 1. The molecule has 0 aliphatic heterocycles. The van der Waals surface area contributed by atoms with Gasteiger partial charge in [-0.2, -0.15) is 10.1 Å². The zero-order valence-corrected chi connectivity index (χ0v) is 12.7. The summed E-state index contributed by atoms with van der Waals surface area (Å²) in [6, 6.07) is 9.24. The summed E-state index contributed by atoms with van der Waals surface area (Å²) in [5.41, 5.74) is 0.768. The Morgan fingerprint density at radius 3 is 2.70 bits per heavy atom. The number of aromatic amines is 1. The summed E-state index contributed by atoms with van der Waals surface area (Å²) in [7, 11) is -3.59. The van der Waals surface area contributed by atoms with E-state index in [4.69, 9.17) is 5.14 Å². The lowest BCUT2D eigenvalue weighted by molar-refractivity contribution is 0.598. The predicted octanol–water partition coefficient (Wildman–Crippen LogP) is -0.191. The van der Waals surface area contributed by atoms with Crippen molar-refractivity contribution in [2.75, 3.05) is 17.6 Å². The topological polar surface area (TPSA) is 136 Å². The standard InChI is InChI=1S/C13H14N6O3S/c14-23(21,22)7-6-15-13-17-11-10(12(20)18-13)8-16-19(11)9-4-2-1-3-5-9/h1-5,8H,6-7H2,(H2,14,21,22)(H2,15,17,18,20). The zero-order chi connectivity index (χ0) is 16.4. The number of nitrogens with one attached hydrogen (secondary N) is 2. The normalized spacial score (nSPS) is 11.7. The Morgan fingerprint density at radius 1 is 1.26 bits per heavy atom. The molecule has 9 nitrogen and oxygen atoms in total. The fraction of sp³-hybridized carbons (Fsp3) is 0.154. The molecule has 10 heteroatoms. The SMILES string of the molecule is NS(=O)(=O)CCNc1nc2c(cnn2-c2ccccc2)c(=O)[nH]1. The Balaban J connectivity index is 1.98. The molecule has 0 fully saturated rings. The van der Waals surface area contributed by atoms with Gasteiger partial charge in [-0.1, -0.05) is 18.2 Å². The number of H-pyrrole nitrogens is 1. The van der Waals surface area contributed by atoms with Gasteiger partial charge in [0, 0.05) is 6.54 Å². The number of aromatic nitrogens is 4. The second kappa shape index (κ2) is 5.82. The van der Waals surface area contributed by atoms with E-state index in [1.807, 2.05) is 30.3 Å². The number of fused-ring (bicyclic) bond motifs is 1. The van der Waals surface area contributed by atoms with Crippen molar-refractivity contribution in [3.63, 3.8) is 0 Å². The molecule has 0 saturated heterocycles. The molecule has 0 spiro atoms. The number of hydrogen-bond acceptors (Lipinski definition) is 6. The molecule has 0 aliphatic rings. The third-order valence-corrected chi connectivity index (χ3v) is 3.89. The van der Waals surface area contributed by atoms with Crippen molar-refractivity contribution in [2.24, 2.45) is 5.14 Å². The number of nitrogens with zero attached hydrogens (tertiary/aromatic N) is 3. The molecule has 3 aromatic rings. The lowest BCUT2D eigenvalue weighted by Gasteiger charge is -2.06. The molecule has 120 valence electrons. The first kappa shape index (κ1) is 15.2. The maximum atomic E-state index is 12.1. The fourth-order valence-electron chi connectivity index (χ4n) is 2.07. The molecular weight excluding hydrogens is 320 g/mol. The van der Waals surface area contributed by atoms with Crippen LogP contribution < -0.4 is 16.0 Å². The highest BCUT2D eigenvalue weighted by Gasteiger charge is 2.11. The molecule has 0 radical (unpaired) electrons. The van der Waals surface area contributed by atoms with E-state index in [0.717, 1.165) is 5.69 Å². The number of anilines is 1. The fourth-order valence-corrected chi connectivity index (χ4v) is 2.46. The Morgan fingerprint density at radius 2 is 2.00 bits per heavy atom. The molecule has 0 bridgehead atoms. The average Bonchev–Trinajstić information content (AvgIpc) is 2.91. The highest BCUT2D eigenvalue weighted by atomic mass is 32.2. The van der Waals surface area contributed by atoms with Gasteiger partial charge in [-0.25, -0.2) is 18.2 Å². The van der Waals surface area contributed by atoms with Crippen molar-refractivity contribution in [1.82, 2.24) is 19.7 Å². The van der Waals surface area contributed by atoms with Gasteiger partial charge in [0.25, 0.3) is 5.56 Å². The van der Waals surface area contributed by atoms with Crippen molar-refractivity contribution < 1.29 is 8.42 Å². The number of para-hydroxylation sites is 1. The molecule has 0 unspecified atom stereocenters. The summed E-state index contributed by atoms with van der Waals surface area (Å²) in [6.45, 7) is 0.0345. The monoisotopic (exact) mass is 334 g/mol. The maximum absolute atomic E-state index is 12.1. The van der Waals surface area contributed by atoms with E-state index >= 15 is 0 Å². The van der Waals surface area contributed by atoms with E-state index in [-0.39, 0.29) is 23.8 Å². The Kier molecular flexibility index (Phi) is 3.84. The largest absolute Gasteiger partial charge is 0.355 e. The predicted molar refractivity (Wildman–Crippen MR) is 85.9 cm³/mol. The van der Waals surface area contributed by atoms with Gasteiger partial charge in [-0.3, -0.25) is 9.78 Å². The van der Waals surface area contributed by atoms with Crippen LogP contribution >= 0.6 is 0 Å². The van der Waals surface area contributed by atoms with Crippen LogP contribution in [-0.2, 0) is 10.0 Å². The van der Waals surface area contributed by atoms with Gasteiger partial charge in [0.15, 0.2) is 5.65 Å². The van der Waals surface area contributed by atoms with Gasteiger partial charge in [0.1, 0.15) is 5.39 Å². The zero-order valence-electron chi connectivity index (χ0n) is 11.9.